The number of fused-ring (bicyclic) bond motifs is 4. The molecule has 0 radical (unpaired) electrons. The van der Waals surface area contributed by atoms with Crippen LogP contribution in [-0.2, 0) is 7.05 Å². The third-order valence-corrected chi connectivity index (χ3v) is 5.91. The van der Waals surface area contributed by atoms with Crippen molar-refractivity contribution < 1.29 is 14.2 Å². The van der Waals surface area contributed by atoms with Crippen molar-refractivity contribution in [1.82, 2.24) is 4.57 Å². The molecule has 1 aromatic heterocycles. The summed E-state index contributed by atoms with van der Waals surface area (Å²) in [5, 5.41) is 1.24. The molecule has 1 aliphatic rings. The van der Waals surface area contributed by atoms with Crippen LogP contribution in [0.3, 0.4) is 0 Å². The maximum atomic E-state index is 13.6. The molecular weight excluding hydrogens is 426 g/mol. The Labute approximate surface area is 200 Å². The third kappa shape index (κ3) is 4.47. The van der Waals surface area contributed by atoms with Gasteiger partial charge in [0.05, 0.1) is 16.4 Å². The Morgan fingerprint density at radius 2 is 1.56 bits per heavy atom. The summed E-state index contributed by atoms with van der Waals surface area (Å²) < 4.78 is 20.5. The molecule has 0 unspecified atom stereocenters. The van der Waals surface area contributed by atoms with Crippen molar-refractivity contribution in [2.24, 2.45) is 7.05 Å². The normalized spacial score (nSPS) is 13.9. The van der Waals surface area contributed by atoms with Gasteiger partial charge in [-0.05, 0) is 90.1 Å². The van der Waals surface area contributed by atoms with Gasteiger partial charge in [-0.25, -0.2) is 0 Å². The molecule has 0 spiro atoms. The van der Waals surface area contributed by atoms with E-state index >= 15 is 0 Å². The molecule has 2 heterocycles. The number of nitrogens with zero attached hydrogens (tertiary/aromatic N) is 1. The number of hydrogen-bond donors (Lipinski definition) is 0. The first kappa shape index (κ1) is 23.7. The van der Waals surface area contributed by atoms with E-state index in [1.165, 1.54) is 5.57 Å². The lowest BCUT2D eigenvalue weighted by Crippen LogP contribution is -2.28. The highest BCUT2D eigenvalue weighted by Gasteiger charge is 2.25. The second-order valence-corrected chi connectivity index (χ2v) is 9.77. The number of rotatable bonds is 6. The predicted octanol–water partition coefficient (Wildman–Crippen LogP) is 6.57. The molecule has 5 nitrogen and oxygen atoms in total. The number of allylic oxidation sites excluding steroid dienone is 2. The van der Waals surface area contributed by atoms with E-state index in [2.05, 4.69) is 0 Å². The molecule has 0 atom stereocenters. The van der Waals surface area contributed by atoms with Gasteiger partial charge < -0.3 is 18.8 Å². The number of pyridine rings is 1. The number of hydrogen-bond acceptors (Lipinski definition) is 4. The van der Waals surface area contributed by atoms with Gasteiger partial charge in [-0.2, -0.15) is 0 Å². The number of aryl methyl sites for hydroxylation is 1. The van der Waals surface area contributed by atoms with E-state index in [1.54, 1.807) is 0 Å². The minimum atomic E-state index is -0.402. The summed E-state index contributed by atoms with van der Waals surface area (Å²) in [7, 11) is 1.96. The molecule has 0 amide bonds. The van der Waals surface area contributed by atoms with Gasteiger partial charge in [-0.15, -0.1) is 0 Å². The Kier molecular flexibility index (Phi) is 6.30. The van der Waals surface area contributed by atoms with Crippen molar-refractivity contribution in [1.29, 1.82) is 0 Å². The molecule has 4 rings (SSSR count). The third-order valence-electron chi connectivity index (χ3n) is 5.91. The Balaban J connectivity index is 2.00. The Morgan fingerprint density at radius 3 is 2.24 bits per heavy atom. The van der Waals surface area contributed by atoms with Gasteiger partial charge in [0.2, 0.25) is 0 Å². The maximum Gasteiger partial charge on any atom is 0.197 e. The molecule has 0 fully saturated rings. The summed E-state index contributed by atoms with van der Waals surface area (Å²) in [5.74, 6) is 1.94. The smallest absolute Gasteiger partial charge is 0.197 e. The van der Waals surface area contributed by atoms with Crippen LogP contribution in [0.1, 0.15) is 47.1 Å². The second-order valence-electron chi connectivity index (χ2n) is 9.77. The van der Waals surface area contributed by atoms with Crippen LogP contribution >= 0.6 is 0 Å². The van der Waals surface area contributed by atoms with Crippen molar-refractivity contribution in [3.05, 3.63) is 69.4 Å². The molecule has 5 heteroatoms. The maximum absolute atomic E-state index is 13.6. The van der Waals surface area contributed by atoms with Crippen molar-refractivity contribution >= 4 is 27.9 Å². The van der Waals surface area contributed by atoms with Crippen LogP contribution in [-0.4, -0.2) is 23.4 Å². The van der Waals surface area contributed by atoms with Crippen LogP contribution < -0.4 is 19.6 Å². The highest BCUT2D eigenvalue weighted by molar-refractivity contribution is 6.01. The van der Waals surface area contributed by atoms with E-state index in [-0.39, 0.29) is 5.43 Å². The fourth-order valence-electron chi connectivity index (χ4n) is 4.15. The van der Waals surface area contributed by atoms with Gasteiger partial charge >= 0.3 is 0 Å². The van der Waals surface area contributed by atoms with E-state index in [9.17, 15) is 4.79 Å². The molecule has 34 heavy (non-hydrogen) atoms. The average Bonchev–Trinajstić information content (AvgIpc) is 2.76. The van der Waals surface area contributed by atoms with E-state index < -0.39 is 5.60 Å². The summed E-state index contributed by atoms with van der Waals surface area (Å²) in [6.07, 6.45) is 8.10. The summed E-state index contributed by atoms with van der Waals surface area (Å²) in [6.45, 7) is 13.0. The van der Waals surface area contributed by atoms with E-state index in [0.717, 1.165) is 22.4 Å². The monoisotopic (exact) mass is 459 g/mol. The van der Waals surface area contributed by atoms with E-state index in [1.807, 2.05) is 102 Å². The average molecular weight is 460 g/mol. The van der Waals surface area contributed by atoms with Crippen LogP contribution in [0.2, 0.25) is 0 Å². The Hall–Kier alpha value is -3.47. The van der Waals surface area contributed by atoms with Gasteiger partial charge in [0.15, 0.2) is 16.9 Å². The number of ether oxygens (including phenoxy) is 3. The predicted molar refractivity (Wildman–Crippen MR) is 140 cm³/mol. The topological polar surface area (TPSA) is 49.7 Å². The van der Waals surface area contributed by atoms with Gasteiger partial charge in [0, 0.05) is 18.0 Å². The number of benzene rings is 2. The minimum Gasteiger partial charge on any atom is -0.486 e. The van der Waals surface area contributed by atoms with Crippen LogP contribution in [0.4, 0.5) is 0 Å². The zero-order valence-electron chi connectivity index (χ0n) is 21.1. The molecule has 0 saturated heterocycles. The minimum absolute atomic E-state index is 0.0351. The largest absolute Gasteiger partial charge is 0.486 e. The highest BCUT2D eigenvalue weighted by Crippen LogP contribution is 2.40. The Morgan fingerprint density at radius 1 is 0.941 bits per heavy atom. The van der Waals surface area contributed by atoms with Crippen molar-refractivity contribution in [2.45, 2.75) is 47.1 Å². The second kappa shape index (κ2) is 9.05. The van der Waals surface area contributed by atoms with Gasteiger partial charge in [-0.1, -0.05) is 11.1 Å². The van der Waals surface area contributed by atoms with Crippen molar-refractivity contribution in [3.8, 4) is 17.2 Å². The molecule has 0 N–H and O–H groups in total. The first-order valence-corrected chi connectivity index (χ1v) is 11.6. The molecule has 2 aromatic carbocycles. The molecule has 1 aliphatic heterocycles. The molecule has 178 valence electrons. The number of aromatic nitrogens is 1. The van der Waals surface area contributed by atoms with Crippen molar-refractivity contribution in [3.63, 3.8) is 0 Å². The lowest BCUT2D eigenvalue weighted by Gasteiger charge is -2.29. The van der Waals surface area contributed by atoms with Crippen LogP contribution in [0.15, 0.2) is 58.4 Å². The molecule has 0 saturated carbocycles. The SMILES string of the molecule is CC(C)=CCOc1ccc2c(=O)c3ccc4c(c3n(C)c2c1OCC=C(C)C)C=CC(C)(C)O4. The zero-order valence-corrected chi connectivity index (χ0v) is 21.1. The van der Waals surface area contributed by atoms with Gasteiger partial charge in [0.1, 0.15) is 24.6 Å². The molecule has 3 aromatic rings. The zero-order chi connectivity index (χ0) is 24.6. The van der Waals surface area contributed by atoms with Crippen LogP contribution in [0.5, 0.6) is 17.2 Å². The fourth-order valence-corrected chi connectivity index (χ4v) is 4.15. The van der Waals surface area contributed by atoms with E-state index in [4.69, 9.17) is 14.2 Å². The Bertz CT molecular complexity index is 1410. The molecular formula is C29H33NO4. The lowest BCUT2D eigenvalue weighted by atomic mass is 9.98. The standard InChI is InChI=1S/C29H33NO4/c1-18(2)13-16-32-24-11-9-22-26(28(24)33-17-14-19(3)4)30(7)25-20-12-15-29(5,6)34-23(20)10-8-21(25)27(22)31/h8-15H,16-17H2,1-7H3. The summed E-state index contributed by atoms with van der Waals surface area (Å²) in [6, 6.07) is 7.40. The fraction of sp³-hybridized carbons (Fsp3) is 0.345. The summed E-state index contributed by atoms with van der Waals surface area (Å²) >= 11 is 0. The first-order valence-electron chi connectivity index (χ1n) is 11.6. The van der Waals surface area contributed by atoms with Crippen LogP contribution in [0.25, 0.3) is 27.9 Å². The highest BCUT2D eigenvalue weighted by atomic mass is 16.5. The lowest BCUT2D eigenvalue weighted by molar-refractivity contribution is 0.159. The molecule has 0 bridgehead atoms. The first-order chi connectivity index (χ1) is 16.1. The summed E-state index contributed by atoms with van der Waals surface area (Å²) in [4.78, 5) is 13.6. The summed E-state index contributed by atoms with van der Waals surface area (Å²) in [5.41, 5.74) is 4.31. The van der Waals surface area contributed by atoms with Gasteiger partial charge in [-0.3, -0.25) is 4.79 Å². The molecule has 0 aliphatic carbocycles. The van der Waals surface area contributed by atoms with Gasteiger partial charge in [0.25, 0.3) is 0 Å². The van der Waals surface area contributed by atoms with Crippen molar-refractivity contribution in [2.75, 3.05) is 13.2 Å². The quantitative estimate of drug-likeness (QED) is 0.309. The van der Waals surface area contributed by atoms with E-state index in [0.29, 0.717) is 41.0 Å². The van der Waals surface area contributed by atoms with Crippen LogP contribution in [0, 0.1) is 0 Å².